The van der Waals surface area contributed by atoms with Crippen molar-refractivity contribution in [3.8, 4) is 17.2 Å². The molecule has 1 amide bonds. The van der Waals surface area contributed by atoms with E-state index in [1.807, 2.05) is 84.9 Å². The van der Waals surface area contributed by atoms with Crippen molar-refractivity contribution < 1.29 is 9.53 Å². The van der Waals surface area contributed by atoms with Gasteiger partial charge in [0, 0.05) is 17.3 Å². The van der Waals surface area contributed by atoms with E-state index in [-0.39, 0.29) is 11.7 Å². The van der Waals surface area contributed by atoms with E-state index in [9.17, 15) is 4.79 Å². The molecule has 1 aliphatic carbocycles. The molecule has 6 nitrogen and oxygen atoms in total. The number of nitrogens with one attached hydrogen (secondary N) is 1. The number of anilines is 1. The van der Waals surface area contributed by atoms with Crippen LogP contribution in [0.25, 0.3) is 5.69 Å². The maximum absolute atomic E-state index is 12.5. The molecule has 32 heavy (non-hydrogen) atoms. The molecule has 3 aromatic carbocycles. The minimum atomic E-state index is -0.0951. The summed E-state index contributed by atoms with van der Waals surface area (Å²) < 4.78 is 7.87. The van der Waals surface area contributed by atoms with Gasteiger partial charge in [0.1, 0.15) is 17.3 Å². The first-order valence-electron chi connectivity index (χ1n) is 10.5. The SMILES string of the molecule is O=C(CSc1nnc(C2CC2)n1-c1ccccc1)Nc1ccc(Oc2ccccc2)cc1. The van der Waals surface area contributed by atoms with Crippen LogP contribution in [0.5, 0.6) is 11.5 Å². The van der Waals surface area contributed by atoms with Gasteiger partial charge in [0.25, 0.3) is 0 Å². The fourth-order valence-corrected chi connectivity index (χ4v) is 4.12. The highest BCUT2D eigenvalue weighted by Gasteiger charge is 2.31. The van der Waals surface area contributed by atoms with Gasteiger partial charge < -0.3 is 10.1 Å². The highest BCUT2D eigenvalue weighted by Crippen LogP contribution is 2.41. The van der Waals surface area contributed by atoms with E-state index in [0.717, 1.165) is 40.9 Å². The number of aromatic nitrogens is 3. The van der Waals surface area contributed by atoms with Crippen molar-refractivity contribution in [3.05, 3.63) is 90.8 Å². The van der Waals surface area contributed by atoms with Crippen LogP contribution in [0.4, 0.5) is 5.69 Å². The topological polar surface area (TPSA) is 69.0 Å². The Bertz CT molecular complexity index is 1190. The number of hydrogen-bond donors (Lipinski definition) is 1. The second-order valence-corrected chi connectivity index (χ2v) is 8.50. The van der Waals surface area contributed by atoms with Crippen LogP contribution in [0, 0.1) is 0 Å². The number of amides is 1. The molecule has 7 heteroatoms. The summed E-state index contributed by atoms with van der Waals surface area (Å²) in [4.78, 5) is 12.5. The zero-order valence-corrected chi connectivity index (χ0v) is 18.2. The van der Waals surface area contributed by atoms with Gasteiger partial charge in [-0.25, -0.2) is 0 Å². The number of para-hydroxylation sites is 2. The summed E-state index contributed by atoms with van der Waals surface area (Å²) in [5, 5.41) is 12.4. The lowest BCUT2D eigenvalue weighted by Gasteiger charge is -2.10. The lowest BCUT2D eigenvalue weighted by molar-refractivity contribution is -0.113. The molecule has 0 radical (unpaired) electrons. The first kappa shape index (κ1) is 20.3. The number of thioether (sulfide) groups is 1. The number of carbonyl (C=O) groups excluding carboxylic acids is 1. The molecule has 1 aromatic heterocycles. The van der Waals surface area contributed by atoms with Crippen molar-refractivity contribution in [2.24, 2.45) is 0 Å². The predicted octanol–water partition coefficient (Wildman–Crippen LogP) is 5.67. The van der Waals surface area contributed by atoms with Crippen LogP contribution in [0.2, 0.25) is 0 Å². The standard InChI is InChI=1S/C25H22N4O2S/c30-23(26-19-13-15-22(16-14-19)31-21-9-5-2-6-10-21)17-32-25-28-27-24(18-11-12-18)29(25)20-7-3-1-4-8-20/h1-10,13-16,18H,11-12,17H2,(H,26,30). The van der Waals surface area contributed by atoms with Crippen molar-refractivity contribution in [3.63, 3.8) is 0 Å². The van der Waals surface area contributed by atoms with Crippen LogP contribution in [-0.2, 0) is 4.79 Å². The van der Waals surface area contributed by atoms with Crippen LogP contribution in [0.1, 0.15) is 24.6 Å². The van der Waals surface area contributed by atoms with Crippen molar-refractivity contribution in [2.45, 2.75) is 23.9 Å². The Hall–Kier alpha value is -3.58. The third kappa shape index (κ3) is 4.84. The molecular weight excluding hydrogens is 420 g/mol. The molecule has 4 aromatic rings. The molecule has 1 saturated carbocycles. The molecule has 1 aliphatic rings. The normalized spacial score (nSPS) is 13.0. The van der Waals surface area contributed by atoms with Gasteiger partial charge in [-0.15, -0.1) is 10.2 Å². The number of nitrogens with zero attached hydrogens (tertiary/aromatic N) is 3. The van der Waals surface area contributed by atoms with Crippen LogP contribution >= 0.6 is 11.8 Å². The van der Waals surface area contributed by atoms with Crippen molar-refractivity contribution in [1.82, 2.24) is 14.8 Å². The monoisotopic (exact) mass is 442 g/mol. The lowest BCUT2D eigenvalue weighted by Crippen LogP contribution is -2.14. The van der Waals surface area contributed by atoms with Crippen LogP contribution < -0.4 is 10.1 Å². The van der Waals surface area contributed by atoms with Gasteiger partial charge in [-0.1, -0.05) is 48.2 Å². The van der Waals surface area contributed by atoms with E-state index in [1.54, 1.807) is 0 Å². The van der Waals surface area contributed by atoms with E-state index in [1.165, 1.54) is 11.8 Å². The minimum Gasteiger partial charge on any atom is -0.457 e. The summed E-state index contributed by atoms with van der Waals surface area (Å²) in [7, 11) is 0. The Labute approximate surface area is 190 Å². The Balaban J connectivity index is 1.21. The summed E-state index contributed by atoms with van der Waals surface area (Å²) in [5.74, 6) is 3.08. The van der Waals surface area contributed by atoms with E-state index in [2.05, 4.69) is 20.1 Å². The van der Waals surface area contributed by atoms with E-state index < -0.39 is 0 Å². The molecule has 1 fully saturated rings. The smallest absolute Gasteiger partial charge is 0.234 e. The molecule has 1 N–H and O–H groups in total. The van der Waals surface area contributed by atoms with Gasteiger partial charge in [-0.05, 0) is 61.4 Å². The van der Waals surface area contributed by atoms with Crippen molar-refractivity contribution in [1.29, 1.82) is 0 Å². The van der Waals surface area contributed by atoms with Crippen LogP contribution in [0.3, 0.4) is 0 Å². The van der Waals surface area contributed by atoms with E-state index in [0.29, 0.717) is 11.7 Å². The third-order valence-corrected chi connectivity index (χ3v) is 5.99. The first-order chi connectivity index (χ1) is 15.8. The van der Waals surface area contributed by atoms with Gasteiger partial charge in [-0.2, -0.15) is 0 Å². The maximum Gasteiger partial charge on any atom is 0.234 e. The molecule has 0 bridgehead atoms. The Morgan fingerprint density at radius 1 is 0.906 bits per heavy atom. The van der Waals surface area contributed by atoms with Crippen molar-refractivity contribution >= 4 is 23.4 Å². The van der Waals surface area contributed by atoms with Gasteiger partial charge >= 0.3 is 0 Å². The number of hydrogen-bond acceptors (Lipinski definition) is 5. The lowest BCUT2D eigenvalue weighted by atomic mass is 10.3. The van der Waals surface area contributed by atoms with E-state index in [4.69, 9.17) is 4.74 Å². The first-order valence-corrected chi connectivity index (χ1v) is 11.5. The number of carbonyl (C=O) groups is 1. The average molecular weight is 443 g/mol. The van der Waals surface area contributed by atoms with Crippen LogP contribution in [-0.4, -0.2) is 26.4 Å². The Morgan fingerprint density at radius 3 is 2.25 bits per heavy atom. The van der Waals surface area contributed by atoms with Crippen LogP contribution in [0.15, 0.2) is 90.1 Å². The summed E-state index contributed by atoms with van der Waals surface area (Å²) in [6, 6.07) is 27.0. The molecular formula is C25H22N4O2S. The van der Waals surface area contributed by atoms with E-state index >= 15 is 0 Å². The number of rotatable bonds is 8. The molecule has 1 heterocycles. The summed E-state index contributed by atoms with van der Waals surface area (Å²) >= 11 is 1.39. The molecule has 0 atom stereocenters. The predicted molar refractivity (Wildman–Crippen MR) is 126 cm³/mol. The highest BCUT2D eigenvalue weighted by molar-refractivity contribution is 7.99. The molecule has 5 rings (SSSR count). The van der Waals surface area contributed by atoms with Gasteiger partial charge in [0.2, 0.25) is 5.91 Å². The quantitative estimate of drug-likeness (QED) is 0.356. The third-order valence-electron chi connectivity index (χ3n) is 5.06. The number of benzene rings is 3. The molecule has 0 unspecified atom stereocenters. The fourth-order valence-electron chi connectivity index (χ4n) is 3.36. The van der Waals surface area contributed by atoms with Gasteiger partial charge in [0.05, 0.1) is 5.75 Å². The zero-order chi connectivity index (χ0) is 21.8. The Kier molecular flexibility index (Phi) is 5.89. The molecule has 0 aliphatic heterocycles. The largest absolute Gasteiger partial charge is 0.457 e. The fraction of sp³-hybridized carbons (Fsp3) is 0.160. The minimum absolute atomic E-state index is 0.0951. The van der Waals surface area contributed by atoms with Gasteiger partial charge in [-0.3, -0.25) is 9.36 Å². The summed E-state index contributed by atoms with van der Waals surface area (Å²) in [5.41, 5.74) is 1.75. The molecule has 160 valence electrons. The Morgan fingerprint density at radius 2 is 1.56 bits per heavy atom. The summed E-state index contributed by atoms with van der Waals surface area (Å²) in [6.45, 7) is 0. The summed E-state index contributed by atoms with van der Waals surface area (Å²) in [6.07, 6.45) is 2.28. The maximum atomic E-state index is 12.5. The average Bonchev–Trinajstić information content (AvgIpc) is 3.59. The molecule has 0 spiro atoms. The van der Waals surface area contributed by atoms with Crippen molar-refractivity contribution in [2.75, 3.05) is 11.1 Å². The second-order valence-electron chi connectivity index (χ2n) is 7.56. The zero-order valence-electron chi connectivity index (χ0n) is 17.3. The highest BCUT2D eigenvalue weighted by atomic mass is 32.2. The second kappa shape index (κ2) is 9.28. The number of ether oxygens (including phenoxy) is 1. The van der Waals surface area contributed by atoms with Gasteiger partial charge in [0.15, 0.2) is 5.16 Å². The molecule has 0 saturated heterocycles.